The maximum Gasteiger partial charge on any atom is 0.341 e. The minimum Gasteiger partial charge on any atom is -0.462 e. The first-order valence-electron chi connectivity index (χ1n) is 9.17. The lowest BCUT2D eigenvalue weighted by molar-refractivity contribution is -0.113. The van der Waals surface area contributed by atoms with E-state index in [0.717, 1.165) is 16.0 Å². The van der Waals surface area contributed by atoms with E-state index in [2.05, 4.69) is 15.5 Å². The second kappa shape index (κ2) is 9.63. The van der Waals surface area contributed by atoms with Gasteiger partial charge in [0.2, 0.25) is 5.91 Å². The third-order valence-corrected chi connectivity index (χ3v) is 6.87. The molecule has 1 aromatic carbocycles. The molecule has 0 aliphatic rings. The van der Waals surface area contributed by atoms with Crippen molar-refractivity contribution in [3.8, 4) is 11.4 Å². The zero-order chi connectivity index (χ0) is 21.8. The van der Waals surface area contributed by atoms with Crippen LogP contribution in [0.2, 0.25) is 5.02 Å². The van der Waals surface area contributed by atoms with Gasteiger partial charge in [0.25, 0.3) is 0 Å². The van der Waals surface area contributed by atoms with Crippen LogP contribution in [-0.2, 0) is 16.6 Å². The Kier molecular flexibility index (Phi) is 7.17. The number of thiophene rings is 1. The Morgan fingerprint density at radius 2 is 2.00 bits per heavy atom. The van der Waals surface area contributed by atoms with Crippen LogP contribution in [0, 0.1) is 13.8 Å². The van der Waals surface area contributed by atoms with Gasteiger partial charge in [0.15, 0.2) is 11.0 Å². The van der Waals surface area contributed by atoms with Crippen LogP contribution in [0.4, 0.5) is 5.00 Å². The zero-order valence-corrected chi connectivity index (χ0v) is 19.4. The van der Waals surface area contributed by atoms with Crippen LogP contribution >= 0.6 is 34.7 Å². The second-order valence-electron chi connectivity index (χ2n) is 6.39. The summed E-state index contributed by atoms with van der Waals surface area (Å²) in [5, 5.41) is 12.9. The van der Waals surface area contributed by atoms with Gasteiger partial charge in [0, 0.05) is 17.5 Å². The summed E-state index contributed by atoms with van der Waals surface area (Å²) in [4.78, 5) is 25.7. The van der Waals surface area contributed by atoms with E-state index >= 15 is 0 Å². The first-order valence-corrected chi connectivity index (χ1v) is 11.4. The molecule has 3 rings (SSSR count). The molecule has 0 fully saturated rings. The summed E-state index contributed by atoms with van der Waals surface area (Å²) in [6.07, 6.45) is 0. The summed E-state index contributed by atoms with van der Waals surface area (Å²) in [6, 6.07) is 7.38. The summed E-state index contributed by atoms with van der Waals surface area (Å²) in [5.41, 5.74) is 2.01. The zero-order valence-electron chi connectivity index (χ0n) is 17.0. The van der Waals surface area contributed by atoms with Gasteiger partial charge in [-0.2, -0.15) is 0 Å². The Balaban J connectivity index is 1.70. The van der Waals surface area contributed by atoms with Crippen LogP contribution in [0.1, 0.15) is 27.7 Å². The third-order valence-electron chi connectivity index (χ3n) is 4.40. The summed E-state index contributed by atoms with van der Waals surface area (Å²) in [6.45, 7) is 5.77. The van der Waals surface area contributed by atoms with Crippen molar-refractivity contribution < 1.29 is 14.3 Å². The minimum atomic E-state index is -0.431. The molecule has 10 heteroatoms. The molecule has 30 heavy (non-hydrogen) atoms. The summed E-state index contributed by atoms with van der Waals surface area (Å²) in [7, 11) is 1.82. The minimum absolute atomic E-state index is 0.118. The Morgan fingerprint density at radius 1 is 1.27 bits per heavy atom. The third kappa shape index (κ3) is 4.69. The monoisotopic (exact) mass is 464 g/mol. The van der Waals surface area contributed by atoms with E-state index in [1.54, 1.807) is 17.6 Å². The van der Waals surface area contributed by atoms with Crippen LogP contribution in [0.25, 0.3) is 11.4 Å². The number of aromatic nitrogens is 3. The predicted octanol–water partition coefficient (Wildman–Crippen LogP) is 4.72. The van der Waals surface area contributed by atoms with E-state index in [0.29, 0.717) is 26.6 Å². The highest BCUT2D eigenvalue weighted by Gasteiger charge is 2.22. The molecule has 7 nitrogen and oxygen atoms in total. The molecule has 0 spiro atoms. The van der Waals surface area contributed by atoms with Gasteiger partial charge in [-0.1, -0.05) is 35.5 Å². The van der Waals surface area contributed by atoms with E-state index in [1.165, 1.54) is 23.1 Å². The van der Waals surface area contributed by atoms with Crippen molar-refractivity contribution in [3.05, 3.63) is 45.3 Å². The first kappa shape index (κ1) is 22.3. The molecule has 1 N–H and O–H groups in total. The van der Waals surface area contributed by atoms with Crippen molar-refractivity contribution in [2.24, 2.45) is 7.05 Å². The molecule has 2 aromatic heterocycles. The molecule has 0 bridgehead atoms. The molecule has 3 aromatic rings. The number of hydrogen-bond acceptors (Lipinski definition) is 7. The lowest BCUT2D eigenvalue weighted by Crippen LogP contribution is -2.16. The fourth-order valence-electron chi connectivity index (χ4n) is 2.77. The molecule has 0 saturated heterocycles. The number of nitrogens with one attached hydrogen (secondary N) is 1. The van der Waals surface area contributed by atoms with Gasteiger partial charge in [-0.15, -0.1) is 21.5 Å². The van der Waals surface area contributed by atoms with Crippen molar-refractivity contribution >= 4 is 51.6 Å². The number of anilines is 1. The van der Waals surface area contributed by atoms with E-state index in [-0.39, 0.29) is 18.3 Å². The number of rotatable bonds is 7. The standard InChI is InChI=1S/C20H21ClN4O3S2/c1-5-28-19(27)16-11(2)12(3)30-18(16)22-15(26)10-29-20-24-23-17(25(20)4)13-8-6-7-9-14(13)21/h6-9H,5,10H2,1-4H3,(H,22,26). The van der Waals surface area contributed by atoms with Gasteiger partial charge in [-0.05, 0) is 38.5 Å². The molecule has 2 heterocycles. The number of nitrogens with zero attached hydrogens (tertiary/aromatic N) is 3. The first-order chi connectivity index (χ1) is 14.3. The van der Waals surface area contributed by atoms with Crippen molar-refractivity contribution in [1.29, 1.82) is 0 Å². The van der Waals surface area contributed by atoms with Crippen molar-refractivity contribution in [3.63, 3.8) is 0 Å². The summed E-state index contributed by atoms with van der Waals surface area (Å²) >= 11 is 8.86. The Morgan fingerprint density at radius 3 is 2.70 bits per heavy atom. The summed E-state index contributed by atoms with van der Waals surface area (Å²) in [5.74, 6) is 0.0685. The molecule has 158 valence electrons. The molecule has 0 atom stereocenters. The lowest BCUT2D eigenvalue weighted by atomic mass is 10.1. The van der Waals surface area contributed by atoms with Crippen molar-refractivity contribution in [2.75, 3.05) is 17.7 Å². The number of amides is 1. The lowest BCUT2D eigenvalue weighted by Gasteiger charge is -2.07. The fraction of sp³-hybridized carbons (Fsp3) is 0.300. The maximum absolute atomic E-state index is 12.5. The molecule has 1 amide bonds. The SMILES string of the molecule is CCOC(=O)c1c(NC(=O)CSc2nnc(-c3ccccc3Cl)n2C)sc(C)c1C. The molecular weight excluding hydrogens is 444 g/mol. The van der Waals surface area contributed by atoms with Crippen LogP contribution in [0.3, 0.4) is 0 Å². The number of thioether (sulfide) groups is 1. The largest absolute Gasteiger partial charge is 0.462 e. The van der Waals surface area contributed by atoms with Crippen LogP contribution < -0.4 is 5.32 Å². The number of esters is 1. The Bertz CT molecular complexity index is 1090. The van der Waals surface area contributed by atoms with Gasteiger partial charge < -0.3 is 14.6 Å². The van der Waals surface area contributed by atoms with E-state index in [1.807, 2.05) is 39.1 Å². The normalized spacial score (nSPS) is 10.8. The average Bonchev–Trinajstić information content (AvgIpc) is 3.20. The molecule has 0 unspecified atom stereocenters. The number of carbonyl (C=O) groups excluding carboxylic acids is 2. The quantitative estimate of drug-likeness (QED) is 0.402. The highest BCUT2D eigenvalue weighted by molar-refractivity contribution is 7.99. The molecule has 0 aliphatic heterocycles. The highest BCUT2D eigenvalue weighted by Crippen LogP contribution is 2.33. The van der Waals surface area contributed by atoms with Crippen LogP contribution in [-0.4, -0.2) is 39.0 Å². The fourth-order valence-corrected chi connectivity index (χ4v) is 4.77. The van der Waals surface area contributed by atoms with E-state index in [4.69, 9.17) is 16.3 Å². The number of benzene rings is 1. The van der Waals surface area contributed by atoms with Gasteiger partial charge in [0.1, 0.15) is 5.00 Å². The van der Waals surface area contributed by atoms with Gasteiger partial charge in [-0.3, -0.25) is 4.79 Å². The maximum atomic E-state index is 12.5. The van der Waals surface area contributed by atoms with Gasteiger partial charge in [0.05, 0.1) is 22.9 Å². The van der Waals surface area contributed by atoms with Crippen molar-refractivity contribution in [2.45, 2.75) is 25.9 Å². The molecular formula is C20H21ClN4O3S2. The Labute approximate surface area is 187 Å². The van der Waals surface area contributed by atoms with Crippen LogP contribution in [0.15, 0.2) is 29.4 Å². The average molecular weight is 465 g/mol. The number of halogens is 1. The number of hydrogen-bond donors (Lipinski definition) is 1. The Hall–Kier alpha value is -2.36. The number of carbonyl (C=O) groups is 2. The smallest absolute Gasteiger partial charge is 0.341 e. The topological polar surface area (TPSA) is 86.1 Å². The van der Waals surface area contributed by atoms with Gasteiger partial charge >= 0.3 is 5.97 Å². The number of aryl methyl sites for hydroxylation is 1. The van der Waals surface area contributed by atoms with Gasteiger partial charge in [-0.25, -0.2) is 4.79 Å². The van der Waals surface area contributed by atoms with E-state index in [9.17, 15) is 9.59 Å². The van der Waals surface area contributed by atoms with Crippen molar-refractivity contribution in [1.82, 2.24) is 14.8 Å². The molecule has 0 aliphatic carbocycles. The molecule has 0 radical (unpaired) electrons. The second-order valence-corrected chi connectivity index (χ2v) is 8.96. The van der Waals surface area contributed by atoms with Crippen LogP contribution in [0.5, 0.6) is 0 Å². The molecule has 0 saturated carbocycles. The highest BCUT2D eigenvalue weighted by atomic mass is 35.5. The number of ether oxygens (including phenoxy) is 1. The predicted molar refractivity (Wildman–Crippen MR) is 121 cm³/mol. The van der Waals surface area contributed by atoms with E-state index < -0.39 is 5.97 Å². The summed E-state index contributed by atoms with van der Waals surface area (Å²) < 4.78 is 6.92.